The Hall–Kier alpha value is -6.78. The average molecular weight is 1150 g/mol. The van der Waals surface area contributed by atoms with Gasteiger partial charge in [-0.2, -0.15) is 0 Å². The first-order chi connectivity index (χ1) is 40.6. The summed E-state index contributed by atoms with van der Waals surface area (Å²) in [5.74, 6) is 0. The van der Waals surface area contributed by atoms with E-state index in [0.717, 1.165) is 25.7 Å². The second-order valence-corrected chi connectivity index (χ2v) is 33.9. The Labute approximate surface area is 525 Å². The third kappa shape index (κ3) is 9.31. The molecule has 3 heterocycles. The summed E-state index contributed by atoms with van der Waals surface area (Å²) in [7, 11) is 0. The molecule has 448 valence electrons. The summed E-state index contributed by atoms with van der Waals surface area (Å²) in [4.78, 5) is 8.28. The zero-order valence-electron chi connectivity index (χ0n) is 56.7. The minimum absolute atomic E-state index is 0.000657. The zero-order chi connectivity index (χ0) is 62.1. The molecule has 0 radical (unpaired) electrons. The van der Waals surface area contributed by atoms with E-state index in [0.29, 0.717) is 0 Å². The van der Waals surface area contributed by atoms with Gasteiger partial charge >= 0.3 is 0 Å². The van der Waals surface area contributed by atoms with Crippen LogP contribution in [-0.4, -0.2) is 12.3 Å². The van der Waals surface area contributed by atoms with E-state index in [9.17, 15) is 0 Å². The Bertz CT molecular complexity index is 4030. The van der Waals surface area contributed by atoms with Crippen LogP contribution in [0.2, 0.25) is 0 Å². The van der Waals surface area contributed by atoms with E-state index in [-0.39, 0.29) is 55.6 Å². The molecule has 0 spiro atoms. The lowest BCUT2D eigenvalue weighted by molar-refractivity contribution is 0.215. The fraction of sp³-hybridized carbons (Fsp3) is 0.422. The minimum atomic E-state index is -0.256. The van der Waals surface area contributed by atoms with Gasteiger partial charge in [-0.05, 0) is 203 Å². The molecule has 87 heavy (non-hydrogen) atoms. The Morgan fingerprint density at radius 2 is 0.851 bits per heavy atom. The quantitative estimate of drug-likeness (QED) is 0.159. The summed E-state index contributed by atoms with van der Waals surface area (Å²) in [6.45, 7) is 48.1. The molecule has 13 rings (SSSR count). The molecule has 4 heteroatoms. The van der Waals surface area contributed by atoms with Gasteiger partial charge in [-0.15, -0.1) is 0 Å². The predicted molar refractivity (Wildman–Crippen MR) is 377 cm³/mol. The summed E-state index contributed by atoms with van der Waals surface area (Å²) in [6, 6.07) is 64.2. The van der Waals surface area contributed by atoms with Gasteiger partial charge in [0.25, 0.3) is 6.71 Å². The number of nitrogens with zero attached hydrogens (tertiary/aromatic N) is 3. The van der Waals surface area contributed by atoms with Crippen LogP contribution >= 0.6 is 0 Å². The van der Waals surface area contributed by atoms with Crippen molar-refractivity contribution in [2.45, 2.75) is 226 Å². The van der Waals surface area contributed by atoms with Gasteiger partial charge in [0.05, 0.1) is 11.2 Å². The van der Waals surface area contributed by atoms with Gasteiger partial charge in [-0.1, -0.05) is 241 Å². The summed E-state index contributed by atoms with van der Waals surface area (Å²) in [5, 5.41) is 0. The van der Waals surface area contributed by atoms with Crippen LogP contribution in [0.25, 0.3) is 11.1 Å². The van der Waals surface area contributed by atoms with Gasteiger partial charge in [0, 0.05) is 50.8 Å². The fourth-order valence-corrected chi connectivity index (χ4v) is 16.5. The molecule has 2 aliphatic carbocycles. The zero-order valence-corrected chi connectivity index (χ0v) is 56.7. The predicted octanol–water partition coefficient (Wildman–Crippen LogP) is 21.0. The van der Waals surface area contributed by atoms with Gasteiger partial charge in [-0.25, -0.2) is 0 Å². The average Bonchev–Trinajstić information content (AvgIpc) is 1.70. The first kappa shape index (κ1) is 59.2. The second-order valence-electron chi connectivity index (χ2n) is 33.9. The van der Waals surface area contributed by atoms with E-state index < -0.39 is 0 Å². The van der Waals surface area contributed by atoms with E-state index >= 15 is 0 Å². The number of hydrogen-bond donors (Lipinski definition) is 0. The normalized spacial score (nSPS) is 20.3. The van der Waals surface area contributed by atoms with Crippen molar-refractivity contribution >= 4 is 68.6 Å². The number of anilines is 8. The van der Waals surface area contributed by atoms with Crippen LogP contribution in [0.5, 0.6) is 0 Å². The van der Waals surface area contributed by atoms with Crippen molar-refractivity contribution < 1.29 is 0 Å². The maximum atomic E-state index is 2.85. The minimum Gasteiger partial charge on any atom is -0.334 e. The Morgan fingerprint density at radius 1 is 0.356 bits per heavy atom. The Kier molecular flexibility index (Phi) is 13.3. The van der Waals surface area contributed by atoms with E-state index in [2.05, 4.69) is 311 Å². The molecule has 0 bridgehead atoms. The third-order valence-corrected chi connectivity index (χ3v) is 22.0. The van der Waals surface area contributed by atoms with Gasteiger partial charge in [0.2, 0.25) is 0 Å². The number of rotatable bonds is 5. The molecule has 2 atom stereocenters. The molecule has 0 amide bonds. The van der Waals surface area contributed by atoms with E-state index in [1.165, 1.54) is 136 Å². The number of benzene rings is 8. The van der Waals surface area contributed by atoms with Crippen molar-refractivity contribution in [2.75, 3.05) is 14.7 Å². The molecule has 8 aromatic carbocycles. The first-order valence-electron chi connectivity index (χ1n) is 33.1. The maximum absolute atomic E-state index is 2.85. The second kappa shape index (κ2) is 19.6. The van der Waals surface area contributed by atoms with Crippen molar-refractivity contribution in [2.24, 2.45) is 0 Å². The lowest BCUT2D eigenvalue weighted by Gasteiger charge is -2.52. The highest BCUT2D eigenvalue weighted by molar-refractivity contribution is 7.00. The van der Waals surface area contributed by atoms with Crippen molar-refractivity contribution in [3.8, 4) is 11.1 Å². The lowest BCUT2D eigenvalue weighted by atomic mass is 9.33. The molecule has 8 aromatic rings. The van der Waals surface area contributed by atoms with Crippen LogP contribution in [0.1, 0.15) is 227 Å². The van der Waals surface area contributed by atoms with Gasteiger partial charge in [-0.3, -0.25) is 0 Å². The molecule has 5 aliphatic rings. The Balaban J connectivity index is 1.13. The highest BCUT2D eigenvalue weighted by atomic mass is 15.3. The van der Waals surface area contributed by atoms with Gasteiger partial charge < -0.3 is 14.7 Å². The molecule has 0 saturated heterocycles. The van der Waals surface area contributed by atoms with Gasteiger partial charge in [0.15, 0.2) is 0 Å². The summed E-state index contributed by atoms with van der Waals surface area (Å²) in [5.41, 5.74) is 28.8. The highest BCUT2D eigenvalue weighted by Gasteiger charge is 2.62. The van der Waals surface area contributed by atoms with Crippen LogP contribution in [0, 0.1) is 0 Å². The van der Waals surface area contributed by atoms with E-state index in [1.54, 1.807) is 0 Å². The molecule has 1 fully saturated rings. The van der Waals surface area contributed by atoms with Crippen molar-refractivity contribution in [1.29, 1.82) is 0 Å². The molecular weight excluding hydrogens is 1050 g/mol. The van der Waals surface area contributed by atoms with Crippen LogP contribution in [0.3, 0.4) is 0 Å². The van der Waals surface area contributed by atoms with Crippen molar-refractivity contribution in [1.82, 2.24) is 0 Å². The standard InChI is InChI=1S/C83H98BN3/c1-75(2,3)54-28-30-56(31-29-54)83-43-25-24-42-82(83,20)87(69-41-35-58(47-65(69)83)78(10,11)12)61-38-39-66-70(50-61)85(60-36-32-55(33-37-60)76(4,5)6)72-48-59(79(13,14)15)49-73-74(72)84(66)67-51-63-64(81(18,19)45-44-80(63,16)17)52-71(67)86(73)68-40-34-57(77(7,8)9)46-62(68)53-26-22-21-23-27-53/h21-23,26-41,46-52H,24-25,42-45H2,1-20H3. The molecular formula is C83H98BN3. The van der Waals surface area contributed by atoms with Crippen molar-refractivity contribution in [3.63, 3.8) is 0 Å². The number of fused-ring (bicyclic) bond motifs is 8. The van der Waals surface area contributed by atoms with Crippen LogP contribution in [-0.2, 0) is 43.3 Å². The molecule has 3 aliphatic heterocycles. The highest BCUT2D eigenvalue weighted by Crippen LogP contribution is 2.65. The molecule has 3 nitrogen and oxygen atoms in total. The van der Waals surface area contributed by atoms with Crippen LogP contribution in [0.4, 0.5) is 45.5 Å². The third-order valence-electron chi connectivity index (χ3n) is 22.0. The lowest BCUT2D eigenvalue weighted by Crippen LogP contribution is -2.62. The molecule has 0 N–H and O–H groups in total. The summed E-state index contributed by atoms with van der Waals surface area (Å²) < 4.78 is 0. The van der Waals surface area contributed by atoms with E-state index in [1.807, 2.05) is 0 Å². The Morgan fingerprint density at radius 3 is 1.44 bits per heavy atom. The first-order valence-corrected chi connectivity index (χ1v) is 33.1. The smallest absolute Gasteiger partial charge is 0.252 e. The van der Waals surface area contributed by atoms with Gasteiger partial charge in [0.1, 0.15) is 0 Å². The molecule has 1 saturated carbocycles. The summed E-state index contributed by atoms with van der Waals surface area (Å²) in [6.07, 6.45) is 6.88. The van der Waals surface area contributed by atoms with E-state index in [4.69, 9.17) is 0 Å². The van der Waals surface area contributed by atoms with Crippen LogP contribution < -0.4 is 31.1 Å². The largest absolute Gasteiger partial charge is 0.334 e. The SMILES string of the molecule is CC(C)(C)c1ccc(N2c3cc(N4c5ccc(C(C)(C)C)cc5C5(c6ccc(C(C)(C)C)cc6)CCCCC45C)ccc3B3c4cc5c(cc4N(c4ccc(C(C)(C)C)cc4-c4ccccc4)c4cc(C(C)(C)C)cc2c43)C(C)(C)CCC5(C)C)cc1. The maximum Gasteiger partial charge on any atom is 0.252 e. The fourth-order valence-electron chi connectivity index (χ4n) is 16.5. The topological polar surface area (TPSA) is 9.72 Å². The van der Waals surface area contributed by atoms with Crippen molar-refractivity contribution in [3.05, 3.63) is 208 Å². The molecule has 2 unspecified atom stereocenters. The monoisotopic (exact) mass is 1150 g/mol. The molecule has 0 aromatic heterocycles. The van der Waals surface area contributed by atoms with Crippen LogP contribution in [0.15, 0.2) is 158 Å². The number of hydrogen-bond acceptors (Lipinski definition) is 3. The summed E-state index contributed by atoms with van der Waals surface area (Å²) >= 11 is 0.